The van der Waals surface area contributed by atoms with Crippen molar-refractivity contribution in [1.82, 2.24) is 4.98 Å². The van der Waals surface area contributed by atoms with Gasteiger partial charge in [-0.25, -0.2) is 4.98 Å². The zero-order valence-electron chi connectivity index (χ0n) is 10.5. The van der Waals surface area contributed by atoms with Crippen LogP contribution in [0.25, 0.3) is 0 Å². The van der Waals surface area contributed by atoms with E-state index in [1.54, 1.807) is 18.3 Å². The van der Waals surface area contributed by atoms with Crippen molar-refractivity contribution in [3.05, 3.63) is 23.9 Å². The molecule has 1 aromatic heterocycles. The van der Waals surface area contributed by atoms with Crippen LogP contribution in [0, 0.1) is 0 Å². The smallest absolute Gasteiger partial charge is 0.252 e. The Balaban J connectivity index is 2.35. The van der Waals surface area contributed by atoms with Crippen LogP contribution in [0.2, 0.25) is 0 Å². The molecule has 18 heavy (non-hydrogen) atoms. The highest BCUT2D eigenvalue weighted by Gasteiger charge is 2.24. The molecule has 5 nitrogen and oxygen atoms in total. The van der Waals surface area contributed by atoms with E-state index in [9.17, 15) is 4.79 Å². The SMILES string of the molecule is NCC1CCCCCN1c1ncccc1C(N)=O. The molecule has 0 spiro atoms. The Labute approximate surface area is 107 Å². The van der Waals surface area contributed by atoms with Crippen molar-refractivity contribution < 1.29 is 4.79 Å². The number of rotatable bonds is 3. The molecular weight excluding hydrogens is 228 g/mol. The number of hydrogen-bond acceptors (Lipinski definition) is 4. The highest BCUT2D eigenvalue weighted by Crippen LogP contribution is 2.24. The van der Waals surface area contributed by atoms with E-state index >= 15 is 0 Å². The average molecular weight is 248 g/mol. The maximum absolute atomic E-state index is 11.5. The second kappa shape index (κ2) is 5.82. The van der Waals surface area contributed by atoms with E-state index in [0.717, 1.165) is 19.4 Å². The summed E-state index contributed by atoms with van der Waals surface area (Å²) in [6.45, 7) is 1.47. The summed E-state index contributed by atoms with van der Waals surface area (Å²) in [4.78, 5) is 17.9. The highest BCUT2D eigenvalue weighted by atomic mass is 16.1. The molecule has 0 aliphatic carbocycles. The Morgan fingerprint density at radius 2 is 2.28 bits per heavy atom. The molecule has 5 heteroatoms. The van der Waals surface area contributed by atoms with Crippen LogP contribution in [-0.2, 0) is 0 Å². The van der Waals surface area contributed by atoms with E-state index in [4.69, 9.17) is 11.5 Å². The fraction of sp³-hybridized carbons (Fsp3) is 0.538. The zero-order valence-corrected chi connectivity index (χ0v) is 10.5. The van der Waals surface area contributed by atoms with Crippen molar-refractivity contribution in [3.63, 3.8) is 0 Å². The number of primary amides is 1. The molecule has 1 saturated heterocycles. The Morgan fingerprint density at radius 1 is 1.44 bits per heavy atom. The van der Waals surface area contributed by atoms with E-state index in [0.29, 0.717) is 17.9 Å². The van der Waals surface area contributed by atoms with Gasteiger partial charge in [0.25, 0.3) is 5.91 Å². The number of amides is 1. The van der Waals surface area contributed by atoms with Crippen LogP contribution in [0.3, 0.4) is 0 Å². The molecule has 1 aromatic rings. The molecule has 1 unspecified atom stereocenters. The van der Waals surface area contributed by atoms with Crippen LogP contribution in [-0.4, -0.2) is 30.0 Å². The van der Waals surface area contributed by atoms with Crippen molar-refractivity contribution >= 4 is 11.7 Å². The van der Waals surface area contributed by atoms with Crippen molar-refractivity contribution in [2.24, 2.45) is 11.5 Å². The fourth-order valence-electron chi connectivity index (χ4n) is 2.52. The van der Waals surface area contributed by atoms with Crippen LogP contribution in [0.4, 0.5) is 5.82 Å². The molecule has 4 N–H and O–H groups in total. The molecule has 0 radical (unpaired) electrons. The molecule has 2 heterocycles. The number of carbonyl (C=O) groups excluding carboxylic acids is 1. The summed E-state index contributed by atoms with van der Waals surface area (Å²) in [6, 6.07) is 3.71. The molecule has 0 saturated carbocycles. The summed E-state index contributed by atoms with van der Waals surface area (Å²) >= 11 is 0. The molecule has 1 amide bonds. The van der Waals surface area contributed by atoms with Gasteiger partial charge in [-0.15, -0.1) is 0 Å². The molecule has 1 atom stereocenters. The number of carbonyl (C=O) groups is 1. The summed E-state index contributed by atoms with van der Waals surface area (Å²) in [5.41, 5.74) is 11.7. The Hall–Kier alpha value is -1.62. The summed E-state index contributed by atoms with van der Waals surface area (Å²) in [7, 11) is 0. The first kappa shape index (κ1) is 12.8. The van der Waals surface area contributed by atoms with Gasteiger partial charge < -0.3 is 16.4 Å². The first-order valence-electron chi connectivity index (χ1n) is 6.45. The van der Waals surface area contributed by atoms with E-state index in [-0.39, 0.29) is 6.04 Å². The Kier molecular flexibility index (Phi) is 4.15. The maximum Gasteiger partial charge on any atom is 0.252 e. The molecule has 98 valence electrons. The van der Waals surface area contributed by atoms with E-state index < -0.39 is 5.91 Å². The minimum absolute atomic E-state index is 0.250. The normalized spacial score (nSPS) is 20.5. The van der Waals surface area contributed by atoms with Crippen molar-refractivity contribution in [2.75, 3.05) is 18.0 Å². The van der Waals surface area contributed by atoms with Gasteiger partial charge in [0.2, 0.25) is 0 Å². The maximum atomic E-state index is 11.5. The number of nitrogens with two attached hydrogens (primary N) is 2. The van der Waals surface area contributed by atoms with Gasteiger partial charge in [-0.05, 0) is 25.0 Å². The van der Waals surface area contributed by atoms with Gasteiger partial charge in [0, 0.05) is 25.3 Å². The van der Waals surface area contributed by atoms with Crippen molar-refractivity contribution in [2.45, 2.75) is 31.7 Å². The monoisotopic (exact) mass is 248 g/mol. The van der Waals surface area contributed by atoms with Crippen molar-refractivity contribution in [3.8, 4) is 0 Å². The molecule has 1 aliphatic heterocycles. The number of nitrogens with zero attached hydrogens (tertiary/aromatic N) is 2. The lowest BCUT2D eigenvalue weighted by atomic mass is 10.1. The van der Waals surface area contributed by atoms with Crippen LogP contribution < -0.4 is 16.4 Å². The average Bonchev–Trinajstić information content (AvgIpc) is 2.63. The third kappa shape index (κ3) is 2.61. The fourth-order valence-corrected chi connectivity index (χ4v) is 2.52. The van der Waals surface area contributed by atoms with Crippen molar-refractivity contribution in [1.29, 1.82) is 0 Å². The summed E-state index contributed by atoms with van der Waals surface area (Å²) < 4.78 is 0. The number of hydrogen-bond donors (Lipinski definition) is 2. The van der Waals surface area contributed by atoms with Crippen LogP contribution in [0.15, 0.2) is 18.3 Å². The molecule has 1 aliphatic rings. The Bertz CT molecular complexity index is 421. The standard InChI is InChI=1S/C13H20N4O/c14-9-10-5-2-1-3-8-17(10)13-11(12(15)18)6-4-7-16-13/h4,6-7,10H,1-3,5,8-9,14H2,(H2,15,18). The van der Waals surface area contributed by atoms with Gasteiger partial charge in [-0.1, -0.05) is 12.8 Å². The van der Waals surface area contributed by atoms with Gasteiger partial charge in [0.05, 0.1) is 5.56 Å². The van der Waals surface area contributed by atoms with Crippen LogP contribution in [0.1, 0.15) is 36.0 Å². The number of anilines is 1. The quantitative estimate of drug-likeness (QED) is 0.831. The van der Waals surface area contributed by atoms with Gasteiger partial charge in [0.15, 0.2) is 0 Å². The molecule has 1 fully saturated rings. The third-order valence-corrected chi connectivity index (χ3v) is 3.47. The molecule has 2 rings (SSSR count). The van der Waals surface area contributed by atoms with Gasteiger partial charge in [-0.3, -0.25) is 4.79 Å². The second-order valence-corrected chi connectivity index (χ2v) is 4.67. The Morgan fingerprint density at radius 3 is 3.00 bits per heavy atom. The summed E-state index contributed by atoms with van der Waals surface area (Å²) in [5, 5.41) is 0. The molecular formula is C13H20N4O. The van der Waals surface area contributed by atoms with Crippen LogP contribution >= 0.6 is 0 Å². The van der Waals surface area contributed by atoms with Crippen LogP contribution in [0.5, 0.6) is 0 Å². The van der Waals surface area contributed by atoms with E-state index in [1.807, 2.05) is 0 Å². The topological polar surface area (TPSA) is 85.2 Å². The predicted molar refractivity (Wildman–Crippen MR) is 71.4 cm³/mol. The zero-order chi connectivity index (χ0) is 13.0. The lowest BCUT2D eigenvalue weighted by Gasteiger charge is -2.31. The van der Waals surface area contributed by atoms with Gasteiger partial charge in [0.1, 0.15) is 5.82 Å². The van der Waals surface area contributed by atoms with Gasteiger partial charge in [-0.2, -0.15) is 0 Å². The highest BCUT2D eigenvalue weighted by molar-refractivity contribution is 5.97. The minimum Gasteiger partial charge on any atom is -0.365 e. The number of aromatic nitrogens is 1. The summed E-state index contributed by atoms with van der Waals surface area (Å²) in [6.07, 6.45) is 6.22. The molecule has 0 aromatic carbocycles. The predicted octanol–water partition coefficient (Wildman–Crippen LogP) is 0.888. The first-order valence-corrected chi connectivity index (χ1v) is 6.45. The lowest BCUT2D eigenvalue weighted by molar-refractivity contribution is 0.100. The third-order valence-electron chi connectivity index (χ3n) is 3.47. The van der Waals surface area contributed by atoms with E-state index in [1.165, 1.54) is 12.8 Å². The van der Waals surface area contributed by atoms with Gasteiger partial charge >= 0.3 is 0 Å². The lowest BCUT2D eigenvalue weighted by Crippen LogP contribution is -2.41. The van der Waals surface area contributed by atoms with E-state index in [2.05, 4.69) is 9.88 Å². The molecule has 0 bridgehead atoms. The largest absolute Gasteiger partial charge is 0.365 e. The second-order valence-electron chi connectivity index (χ2n) is 4.67. The minimum atomic E-state index is -0.432. The number of pyridine rings is 1. The summed E-state index contributed by atoms with van der Waals surface area (Å²) in [5.74, 6) is 0.250. The first-order chi connectivity index (χ1) is 8.74.